The molecule has 0 radical (unpaired) electrons. The second-order valence-electron chi connectivity index (χ2n) is 5.27. The van der Waals surface area contributed by atoms with Crippen LogP contribution in [0.5, 0.6) is 5.75 Å². The summed E-state index contributed by atoms with van der Waals surface area (Å²) in [6.45, 7) is 3.25. The van der Waals surface area contributed by atoms with Crippen LogP contribution in [0.15, 0.2) is 48.5 Å². The van der Waals surface area contributed by atoms with E-state index in [4.69, 9.17) is 9.84 Å². The van der Waals surface area contributed by atoms with Crippen molar-refractivity contribution in [2.45, 2.75) is 20.0 Å². The molecule has 2 rings (SSSR count). The molecule has 0 saturated carbocycles. The quantitative estimate of drug-likeness (QED) is 0.804. The molecule has 0 aromatic heterocycles. The third-order valence-corrected chi connectivity index (χ3v) is 3.11. The maximum Gasteiger partial charge on any atom is 0.255 e. The van der Waals surface area contributed by atoms with Crippen molar-refractivity contribution in [3.05, 3.63) is 59.7 Å². The lowest BCUT2D eigenvalue weighted by Gasteiger charge is -2.11. The first-order chi connectivity index (χ1) is 11.0. The molecule has 0 aliphatic carbocycles. The van der Waals surface area contributed by atoms with Crippen LogP contribution in [0.25, 0.3) is 0 Å². The van der Waals surface area contributed by atoms with Crippen molar-refractivity contribution in [2.75, 3.05) is 11.9 Å². The van der Waals surface area contributed by atoms with E-state index in [1.54, 1.807) is 48.5 Å². The fourth-order valence-corrected chi connectivity index (χ4v) is 2.07. The molecule has 2 N–H and O–H groups in total. The van der Waals surface area contributed by atoms with Crippen LogP contribution in [0.2, 0.25) is 0 Å². The third-order valence-electron chi connectivity index (χ3n) is 3.11. The van der Waals surface area contributed by atoms with Gasteiger partial charge in [-0.05, 0) is 50.2 Å². The summed E-state index contributed by atoms with van der Waals surface area (Å²) in [6.07, 6.45) is 0.0612. The summed E-state index contributed by atoms with van der Waals surface area (Å²) in [7, 11) is 0. The normalized spacial score (nSPS) is 10.4. The first-order valence-corrected chi connectivity index (χ1v) is 7.32. The maximum absolute atomic E-state index is 12.3. The summed E-state index contributed by atoms with van der Waals surface area (Å²) in [5.74, 6) is -0.0896. The lowest BCUT2D eigenvalue weighted by Crippen LogP contribution is -2.16. The van der Waals surface area contributed by atoms with Gasteiger partial charge in [0.15, 0.2) is 5.78 Å². The van der Waals surface area contributed by atoms with Crippen LogP contribution in [-0.2, 0) is 0 Å². The smallest absolute Gasteiger partial charge is 0.255 e. The van der Waals surface area contributed by atoms with Gasteiger partial charge in [-0.2, -0.15) is 0 Å². The molecule has 5 heteroatoms. The molecule has 5 nitrogen and oxygen atoms in total. The largest absolute Gasteiger partial charge is 0.491 e. The number of nitrogens with one attached hydrogen (secondary N) is 1. The average Bonchev–Trinajstić information content (AvgIpc) is 2.54. The highest BCUT2D eigenvalue weighted by Gasteiger charge is 2.13. The van der Waals surface area contributed by atoms with E-state index < -0.39 is 12.4 Å². The summed E-state index contributed by atoms with van der Waals surface area (Å²) < 4.78 is 5.53. The van der Waals surface area contributed by atoms with Gasteiger partial charge in [-0.15, -0.1) is 0 Å². The number of Topliss-reactive ketones (excluding diaryl/α,β-unsaturated/α-hetero) is 1. The number of para-hydroxylation sites is 1. The molecule has 1 amide bonds. The number of carbonyl (C=O) groups is 2. The molecule has 0 saturated heterocycles. The number of hydrogen-bond acceptors (Lipinski definition) is 4. The van der Waals surface area contributed by atoms with Gasteiger partial charge in [-0.25, -0.2) is 0 Å². The Morgan fingerprint density at radius 1 is 1.09 bits per heavy atom. The van der Waals surface area contributed by atoms with Gasteiger partial charge >= 0.3 is 0 Å². The highest BCUT2D eigenvalue weighted by atomic mass is 16.5. The second kappa shape index (κ2) is 7.56. The molecular formula is C18H19NO4. The lowest BCUT2D eigenvalue weighted by atomic mass is 10.1. The van der Waals surface area contributed by atoms with Gasteiger partial charge in [-0.3, -0.25) is 9.59 Å². The highest BCUT2D eigenvalue weighted by Crippen LogP contribution is 2.18. The van der Waals surface area contributed by atoms with Crippen LogP contribution < -0.4 is 10.1 Å². The molecular weight excluding hydrogens is 294 g/mol. The summed E-state index contributed by atoms with van der Waals surface area (Å²) in [5.41, 5.74) is 1.11. The van der Waals surface area contributed by atoms with E-state index in [1.165, 1.54) is 0 Å². The summed E-state index contributed by atoms with van der Waals surface area (Å²) in [6, 6.07) is 13.3. The molecule has 0 atom stereocenters. The van der Waals surface area contributed by atoms with Gasteiger partial charge in [0.25, 0.3) is 5.91 Å². The number of carbonyl (C=O) groups excluding carboxylic acids is 2. The van der Waals surface area contributed by atoms with Crippen LogP contribution in [0.1, 0.15) is 34.6 Å². The van der Waals surface area contributed by atoms with Crippen molar-refractivity contribution in [2.24, 2.45) is 0 Å². The van der Waals surface area contributed by atoms with Crippen LogP contribution >= 0.6 is 0 Å². The van der Waals surface area contributed by atoms with E-state index in [1.807, 2.05) is 13.8 Å². The van der Waals surface area contributed by atoms with Crippen LogP contribution in [-0.4, -0.2) is 29.5 Å². The lowest BCUT2D eigenvalue weighted by molar-refractivity contribution is 0.0904. The minimum absolute atomic E-state index is 0.0612. The maximum atomic E-state index is 12.3. The highest BCUT2D eigenvalue weighted by molar-refractivity contribution is 6.09. The number of anilines is 1. The minimum atomic E-state index is -0.603. The van der Waals surface area contributed by atoms with Gasteiger partial charge in [0.2, 0.25) is 0 Å². The van der Waals surface area contributed by atoms with Gasteiger partial charge in [-0.1, -0.05) is 12.1 Å². The first-order valence-electron chi connectivity index (χ1n) is 7.32. The fraction of sp³-hybridized carbons (Fsp3) is 0.222. The molecule has 0 aliphatic heterocycles. The van der Waals surface area contributed by atoms with E-state index in [2.05, 4.69) is 5.32 Å². The Labute approximate surface area is 134 Å². The summed E-state index contributed by atoms with van der Waals surface area (Å²) >= 11 is 0. The average molecular weight is 313 g/mol. The van der Waals surface area contributed by atoms with E-state index in [9.17, 15) is 9.59 Å². The Morgan fingerprint density at radius 2 is 1.74 bits per heavy atom. The molecule has 0 heterocycles. The van der Waals surface area contributed by atoms with Crippen molar-refractivity contribution in [1.29, 1.82) is 0 Å². The number of ether oxygens (including phenoxy) is 1. The Bertz CT molecular complexity index is 692. The molecule has 120 valence electrons. The number of aliphatic hydroxyl groups excluding tert-OH is 1. The molecule has 0 aliphatic rings. The predicted octanol–water partition coefficient (Wildman–Crippen LogP) is 2.90. The van der Waals surface area contributed by atoms with Gasteiger partial charge in [0.05, 0.1) is 11.8 Å². The Balaban J connectivity index is 2.15. The van der Waals surface area contributed by atoms with E-state index in [0.717, 1.165) is 0 Å². The molecule has 0 unspecified atom stereocenters. The van der Waals surface area contributed by atoms with Crippen molar-refractivity contribution >= 4 is 17.4 Å². The number of amides is 1. The van der Waals surface area contributed by atoms with Crippen molar-refractivity contribution in [3.8, 4) is 5.75 Å². The van der Waals surface area contributed by atoms with Crippen LogP contribution in [0.3, 0.4) is 0 Å². The molecule has 0 bridgehead atoms. The van der Waals surface area contributed by atoms with Gasteiger partial charge in [0.1, 0.15) is 12.4 Å². The summed E-state index contributed by atoms with van der Waals surface area (Å²) in [4.78, 5) is 24.0. The molecule has 2 aromatic rings. The van der Waals surface area contributed by atoms with Gasteiger partial charge < -0.3 is 15.2 Å². The standard InChI is InChI=1S/C18H19NO4/c1-12(2)23-14-9-7-13(8-10-14)18(22)19-16-6-4-3-5-15(16)17(21)11-20/h3-10,12,20H,11H2,1-2H3,(H,19,22). The molecule has 2 aromatic carbocycles. The Kier molecular flexibility index (Phi) is 5.49. The molecule has 0 spiro atoms. The van der Waals surface area contributed by atoms with Crippen molar-refractivity contribution in [3.63, 3.8) is 0 Å². The van der Waals surface area contributed by atoms with Crippen molar-refractivity contribution in [1.82, 2.24) is 0 Å². The molecule has 0 fully saturated rings. The zero-order valence-electron chi connectivity index (χ0n) is 13.1. The Hall–Kier alpha value is -2.66. The van der Waals surface area contributed by atoms with E-state index >= 15 is 0 Å². The number of rotatable bonds is 6. The second-order valence-corrected chi connectivity index (χ2v) is 5.27. The Morgan fingerprint density at radius 3 is 2.35 bits per heavy atom. The zero-order chi connectivity index (χ0) is 16.8. The third kappa shape index (κ3) is 4.40. The minimum Gasteiger partial charge on any atom is -0.491 e. The number of hydrogen-bond donors (Lipinski definition) is 2. The zero-order valence-corrected chi connectivity index (χ0v) is 13.1. The van der Waals surface area contributed by atoms with Crippen LogP contribution in [0.4, 0.5) is 5.69 Å². The molecule has 23 heavy (non-hydrogen) atoms. The van der Waals surface area contributed by atoms with E-state index in [0.29, 0.717) is 17.0 Å². The van der Waals surface area contributed by atoms with E-state index in [-0.39, 0.29) is 17.6 Å². The monoisotopic (exact) mass is 313 g/mol. The number of aliphatic hydroxyl groups is 1. The van der Waals surface area contributed by atoms with Gasteiger partial charge in [0, 0.05) is 11.1 Å². The summed E-state index contributed by atoms with van der Waals surface area (Å²) in [5, 5.41) is 11.7. The number of ketones is 1. The van der Waals surface area contributed by atoms with Crippen LogP contribution in [0, 0.1) is 0 Å². The predicted molar refractivity (Wildman–Crippen MR) is 88.0 cm³/mol. The SMILES string of the molecule is CC(C)Oc1ccc(C(=O)Nc2ccccc2C(=O)CO)cc1. The van der Waals surface area contributed by atoms with Crippen molar-refractivity contribution < 1.29 is 19.4 Å². The first kappa shape index (κ1) is 16.7. The fourth-order valence-electron chi connectivity index (χ4n) is 2.07. The number of benzene rings is 2. The topological polar surface area (TPSA) is 75.6 Å².